The fraction of sp³-hybridized carbons (Fsp3) is 0.267. The third-order valence-electron chi connectivity index (χ3n) is 3.54. The Balaban J connectivity index is 2.02. The number of H-pyrrole nitrogens is 1. The van der Waals surface area contributed by atoms with Crippen molar-refractivity contribution < 1.29 is 9.84 Å². The number of rotatable bonds is 3. The van der Waals surface area contributed by atoms with Gasteiger partial charge in [0.25, 0.3) is 5.56 Å². The number of ether oxygens (including phenoxy) is 1. The van der Waals surface area contributed by atoms with Crippen LogP contribution in [0.1, 0.15) is 5.56 Å². The van der Waals surface area contributed by atoms with Crippen molar-refractivity contribution in [2.24, 2.45) is 5.10 Å². The van der Waals surface area contributed by atoms with Gasteiger partial charge in [-0.1, -0.05) is 0 Å². The molecule has 1 aliphatic rings. The topological polar surface area (TPSA) is 99.9 Å². The molecule has 0 bridgehead atoms. The Morgan fingerprint density at radius 1 is 1.21 bits per heavy atom. The van der Waals surface area contributed by atoms with Crippen LogP contribution in [0.4, 0.5) is 0 Å². The van der Waals surface area contributed by atoms with E-state index in [1.807, 2.05) is 0 Å². The van der Waals surface area contributed by atoms with E-state index >= 15 is 0 Å². The summed E-state index contributed by atoms with van der Waals surface area (Å²) in [6.07, 6.45) is 1.27. The number of nitrogens with one attached hydrogen (secondary N) is 1. The molecular formula is C15H15IN4O4. The molecule has 3 rings (SSSR count). The SMILES string of the molecule is O=c1[nH]c(=O)n(-c2ccc(I)cc2)c(O)c1C=NN1CCOCC1. The van der Waals surface area contributed by atoms with Gasteiger partial charge in [-0.3, -0.25) is 14.8 Å². The van der Waals surface area contributed by atoms with Gasteiger partial charge in [-0.2, -0.15) is 5.10 Å². The normalized spacial score (nSPS) is 15.1. The number of aromatic nitrogens is 2. The van der Waals surface area contributed by atoms with Gasteiger partial charge in [0.05, 0.1) is 38.2 Å². The van der Waals surface area contributed by atoms with Crippen LogP contribution in [-0.4, -0.2) is 52.2 Å². The minimum absolute atomic E-state index is 0.0698. The first-order chi connectivity index (χ1) is 11.6. The van der Waals surface area contributed by atoms with E-state index in [2.05, 4.69) is 32.7 Å². The second-order valence-electron chi connectivity index (χ2n) is 5.12. The highest BCUT2D eigenvalue weighted by Crippen LogP contribution is 2.16. The molecule has 1 aliphatic heterocycles. The molecule has 0 spiro atoms. The van der Waals surface area contributed by atoms with Gasteiger partial charge in [0.2, 0.25) is 5.88 Å². The molecule has 24 heavy (non-hydrogen) atoms. The fourth-order valence-electron chi connectivity index (χ4n) is 2.29. The average molecular weight is 442 g/mol. The molecule has 2 heterocycles. The maximum Gasteiger partial charge on any atom is 0.335 e. The van der Waals surface area contributed by atoms with Crippen LogP contribution in [0.25, 0.3) is 5.69 Å². The predicted molar refractivity (Wildman–Crippen MR) is 97.0 cm³/mol. The summed E-state index contributed by atoms with van der Waals surface area (Å²) in [5.74, 6) is -0.443. The second-order valence-corrected chi connectivity index (χ2v) is 6.36. The Morgan fingerprint density at radius 2 is 1.88 bits per heavy atom. The van der Waals surface area contributed by atoms with Crippen molar-refractivity contribution >= 4 is 28.8 Å². The van der Waals surface area contributed by atoms with Gasteiger partial charge in [0.1, 0.15) is 5.56 Å². The molecular weight excluding hydrogens is 427 g/mol. The maximum absolute atomic E-state index is 12.1. The van der Waals surface area contributed by atoms with Crippen molar-refractivity contribution in [1.82, 2.24) is 14.6 Å². The molecule has 0 aliphatic carbocycles. The van der Waals surface area contributed by atoms with Crippen molar-refractivity contribution in [3.8, 4) is 11.6 Å². The first-order valence-corrected chi connectivity index (χ1v) is 8.35. The van der Waals surface area contributed by atoms with Crippen LogP contribution < -0.4 is 11.2 Å². The number of nitrogens with zero attached hydrogens (tertiary/aromatic N) is 3. The highest BCUT2D eigenvalue weighted by Gasteiger charge is 2.15. The van der Waals surface area contributed by atoms with Gasteiger partial charge in [0.15, 0.2) is 0 Å². The summed E-state index contributed by atoms with van der Waals surface area (Å²) in [7, 11) is 0. The number of hydrazone groups is 1. The molecule has 1 saturated heterocycles. The van der Waals surface area contributed by atoms with Crippen LogP contribution in [-0.2, 0) is 4.74 Å². The number of morpholine rings is 1. The lowest BCUT2D eigenvalue weighted by atomic mass is 10.3. The molecule has 0 unspecified atom stereocenters. The quantitative estimate of drug-likeness (QED) is 0.533. The third kappa shape index (κ3) is 3.51. The van der Waals surface area contributed by atoms with Gasteiger partial charge in [0, 0.05) is 3.57 Å². The van der Waals surface area contributed by atoms with Gasteiger partial charge in [-0.05, 0) is 46.9 Å². The lowest BCUT2D eigenvalue weighted by Gasteiger charge is -2.23. The van der Waals surface area contributed by atoms with Gasteiger partial charge >= 0.3 is 5.69 Å². The second kappa shape index (κ2) is 7.18. The summed E-state index contributed by atoms with van der Waals surface area (Å²) in [5, 5.41) is 16.3. The minimum Gasteiger partial charge on any atom is -0.493 e. The van der Waals surface area contributed by atoms with Crippen LogP contribution in [0.3, 0.4) is 0 Å². The van der Waals surface area contributed by atoms with Crippen LogP contribution in [0.2, 0.25) is 0 Å². The van der Waals surface area contributed by atoms with Crippen molar-refractivity contribution in [1.29, 1.82) is 0 Å². The van der Waals surface area contributed by atoms with Gasteiger partial charge in [-0.15, -0.1) is 0 Å². The molecule has 0 radical (unpaired) electrons. The van der Waals surface area contributed by atoms with Crippen LogP contribution in [0.15, 0.2) is 39.0 Å². The molecule has 0 amide bonds. The zero-order valence-electron chi connectivity index (χ0n) is 12.6. The van der Waals surface area contributed by atoms with E-state index in [1.165, 1.54) is 6.21 Å². The van der Waals surface area contributed by atoms with Crippen molar-refractivity contribution in [2.75, 3.05) is 26.3 Å². The van der Waals surface area contributed by atoms with Crippen LogP contribution >= 0.6 is 22.6 Å². The summed E-state index contributed by atoms with van der Waals surface area (Å²) in [6.45, 7) is 2.32. The summed E-state index contributed by atoms with van der Waals surface area (Å²) < 4.78 is 7.25. The van der Waals surface area contributed by atoms with Crippen LogP contribution in [0.5, 0.6) is 5.88 Å². The molecule has 2 N–H and O–H groups in total. The molecule has 1 fully saturated rings. The number of benzene rings is 1. The highest BCUT2D eigenvalue weighted by molar-refractivity contribution is 14.1. The van der Waals surface area contributed by atoms with Crippen LogP contribution in [0, 0.1) is 3.57 Å². The lowest BCUT2D eigenvalue weighted by Crippen LogP contribution is -2.34. The van der Waals surface area contributed by atoms with E-state index in [9.17, 15) is 14.7 Å². The van der Waals surface area contributed by atoms with Crippen molar-refractivity contribution in [3.05, 3.63) is 54.2 Å². The summed E-state index contributed by atoms with van der Waals surface area (Å²) in [4.78, 5) is 26.3. The lowest BCUT2D eigenvalue weighted by molar-refractivity contribution is 0.0396. The summed E-state index contributed by atoms with van der Waals surface area (Å²) in [5.41, 5.74) is -1.01. The molecule has 2 aromatic rings. The third-order valence-corrected chi connectivity index (χ3v) is 4.26. The molecule has 8 nitrogen and oxygen atoms in total. The Morgan fingerprint density at radius 3 is 2.54 bits per heavy atom. The smallest absolute Gasteiger partial charge is 0.335 e. The Kier molecular flexibility index (Phi) is 5.00. The van der Waals surface area contributed by atoms with E-state index in [1.54, 1.807) is 29.3 Å². The van der Waals surface area contributed by atoms with Gasteiger partial charge in [-0.25, -0.2) is 9.36 Å². The Bertz CT molecular complexity index is 867. The minimum atomic E-state index is -0.706. The van der Waals surface area contributed by atoms with E-state index in [4.69, 9.17) is 4.74 Å². The Labute approximate surface area is 150 Å². The van der Waals surface area contributed by atoms with Crippen molar-refractivity contribution in [2.45, 2.75) is 0 Å². The summed E-state index contributed by atoms with van der Waals surface area (Å²) >= 11 is 2.14. The monoisotopic (exact) mass is 442 g/mol. The van der Waals surface area contributed by atoms with Crippen molar-refractivity contribution in [3.63, 3.8) is 0 Å². The number of halogens is 1. The maximum atomic E-state index is 12.1. The fourth-order valence-corrected chi connectivity index (χ4v) is 2.65. The predicted octanol–water partition coefficient (Wildman–Crippen LogP) is 0.502. The van der Waals surface area contributed by atoms with Gasteiger partial charge < -0.3 is 9.84 Å². The van der Waals surface area contributed by atoms with E-state index < -0.39 is 17.1 Å². The number of aromatic hydroxyl groups is 1. The molecule has 126 valence electrons. The van der Waals surface area contributed by atoms with E-state index in [0.717, 1.165) is 8.14 Å². The summed E-state index contributed by atoms with van der Waals surface area (Å²) in [6, 6.07) is 6.97. The van der Waals surface area contributed by atoms with E-state index in [0.29, 0.717) is 32.0 Å². The first kappa shape index (κ1) is 16.7. The number of aromatic amines is 1. The molecule has 9 heteroatoms. The van der Waals surface area contributed by atoms with E-state index in [-0.39, 0.29) is 5.56 Å². The highest BCUT2D eigenvalue weighted by atomic mass is 127. The first-order valence-electron chi connectivity index (χ1n) is 7.27. The zero-order chi connectivity index (χ0) is 17.1. The molecule has 0 atom stereocenters. The molecule has 0 saturated carbocycles. The standard InChI is InChI=1S/C15H15IN4O4/c16-10-1-3-11(4-2-10)20-14(22)12(13(21)18-15(20)23)9-17-19-5-7-24-8-6-19/h1-4,9,22H,5-8H2,(H,18,21,23). The number of hydrogen-bond donors (Lipinski definition) is 2. The zero-order valence-corrected chi connectivity index (χ0v) is 14.8. The largest absolute Gasteiger partial charge is 0.493 e. The average Bonchev–Trinajstić information content (AvgIpc) is 2.57. The number of hydrogen-bond acceptors (Lipinski definition) is 6. The molecule has 1 aromatic heterocycles. The Hall–Kier alpha value is -2.14. The molecule has 1 aromatic carbocycles.